The van der Waals surface area contributed by atoms with E-state index in [1.54, 1.807) is 18.2 Å². The number of carbonyl (C=O) groups excluding carboxylic acids is 1. The first kappa shape index (κ1) is 22.6. The van der Waals surface area contributed by atoms with Crippen molar-refractivity contribution in [1.82, 2.24) is 19.9 Å². The van der Waals surface area contributed by atoms with Crippen molar-refractivity contribution in [3.8, 4) is 17.1 Å². The molecule has 168 valence electrons. The monoisotopic (exact) mass is 474 g/mol. The topological polar surface area (TPSA) is 71.7 Å². The summed E-state index contributed by atoms with van der Waals surface area (Å²) in [6.45, 7) is 5.63. The molecule has 1 aromatic heterocycles. The van der Waals surface area contributed by atoms with Crippen LogP contribution in [0.25, 0.3) is 11.4 Å². The molecule has 0 aliphatic carbocycles. The Morgan fingerprint density at radius 3 is 2.66 bits per heavy atom. The number of piperazine rings is 1. The second kappa shape index (κ2) is 10.3. The summed E-state index contributed by atoms with van der Waals surface area (Å²) in [6.07, 6.45) is 0.284. The molecule has 7 nitrogen and oxygen atoms in total. The molecule has 0 bridgehead atoms. The van der Waals surface area contributed by atoms with E-state index in [2.05, 4.69) is 15.0 Å². The average molecular weight is 475 g/mol. The molecule has 0 atom stereocenters. The molecule has 1 aliphatic rings. The van der Waals surface area contributed by atoms with Gasteiger partial charge in [0.15, 0.2) is 0 Å². The predicted molar refractivity (Wildman–Crippen MR) is 123 cm³/mol. The van der Waals surface area contributed by atoms with Crippen molar-refractivity contribution in [1.29, 1.82) is 0 Å². The molecule has 4 rings (SSSR count). The zero-order chi connectivity index (χ0) is 22.5. The van der Waals surface area contributed by atoms with Gasteiger partial charge in [-0.25, -0.2) is 0 Å². The van der Waals surface area contributed by atoms with Crippen LogP contribution in [0.4, 0.5) is 0 Å². The number of benzene rings is 2. The van der Waals surface area contributed by atoms with E-state index in [0.29, 0.717) is 47.1 Å². The van der Waals surface area contributed by atoms with Crippen molar-refractivity contribution in [2.75, 3.05) is 32.8 Å². The molecule has 1 aliphatic heterocycles. The Labute approximate surface area is 196 Å². The van der Waals surface area contributed by atoms with Gasteiger partial charge in [0, 0.05) is 31.7 Å². The molecular formula is C23H24Cl2N4O3. The number of amides is 1. The normalized spacial score (nSPS) is 14.5. The predicted octanol–water partition coefficient (Wildman–Crippen LogP) is 4.47. The van der Waals surface area contributed by atoms with Crippen molar-refractivity contribution in [2.24, 2.45) is 0 Å². The molecule has 1 amide bonds. The fraction of sp³-hybridized carbons (Fsp3) is 0.348. The van der Waals surface area contributed by atoms with Gasteiger partial charge in [0.25, 0.3) is 0 Å². The van der Waals surface area contributed by atoms with E-state index in [1.807, 2.05) is 36.1 Å². The van der Waals surface area contributed by atoms with Gasteiger partial charge in [0.05, 0.1) is 24.6 Å². The summed E-state index contributed by atoms with van der Waals surface area (Å²) in [6, 6.07) is 13.1. The summed E-state index contributed by atoms with van der Waals surface area (Å²) in [5.74, 6) is 1.73. The maximum Gasteiger partial charge on any atom is 0.241 e. The highest BCUT2D eigenvalue weighted by Crippen LogP contribution is 2.31. The molecule has 32 heavy (non-hydrogen) atoms. The summed E-state index contributed by atoms with van der Waals surface area (Å²) in [5.41, 5.74) is 2.08. The molecule has 1 fully saturated rings. The summed E-state index contributed by atoms with van der Waals surface area (Å²) >= 11 is 12.1. The van der Waals surface area contributed by atoms with Crippen LogP contribution in [0.15, 0.2) is 47.0 Å². The van der Waals surface area contributed by atoms with Crippen molar-refractivity contribution in [2.45, 2.75) is 19.9 Å². The maximum absolute atomic E-state index is 12.5. The number of nitrogens with zero attached hydrogens (tertiary/aromatic N) is 4. The van der Waals surface area contributed by atoms with Gasteiger partial charge >= 0.3 is 0 Å². The average Bonchev–Trinajstić information content (AvgIpc) is 3.25. The van der Waals surface area contributed by atoms with Crippen LogP contribution >= 0.6 is 23.2 Å². The van der Waals surface area contributed by atoms with Crippen molar-refractivity contribution < 1.29 is 14.1 Å². The molecule has 0 saturated carbocycles. The SMILES string of the molecule is Cc1ccccc1-c1noc(CN2CCN(C(=O)CCOc3cccc(Cl)c3Cl)CC2)n1. The number of hydrogen-bond donors (Lipinski definition) is 0. The lowest BCUT2D eigenvalue weighted by molar-refractivity contribution is -0.133. The van der Waals surface area contributed by atoms with E-state index < -0.39 is 0 Å². The lowest BCUT2D eigenvalue weighted by Gasteiger charge is -2.34. The third-order valence-corrected chi connectivity index (χ3v) is 6.23. The van der Waals surface area contributed by atoms with Crippen LogP contribution in [0.2, 0.25) is 10.0 Å². The minimum atomic E-state index is 0.0578. The van der Waals surface area contributed by atoms with Crippen LogP contribution in [0.1, 0.15) is 17.9 Å². The standard InChI is InChI=1S/C23H24Cl2N4O3/c1-16-5-2-3-6-17(16)23-26-20(32-27-23)15-28-10-12-29(13-11-28)21(30)9-14-31-19-8-4-7-18(24)22(19)25/h2-8H,9-15H2,1H3. The second-order valence-electron chi connectivity index (χ2n) is 7.63. The molecule has 1 saturated heterocycles. The number of hydrogen-bond acceptors (Lipinski definition) is 6. The third-order valence-electron chi connectivity index (χ3n) is 5.43. The Morgan fingerprint density at radius 1 is 1.09 bits per heavy atom. The molecule has 0 N–H and O–H groups in total. The highest BCUT2D eigenvalue weighted by molar-refractivity contribution is 6.42. The van der Waals surface area contributed by atoms with Gasteiger partial charge in [-0.3, -0.25) is 9.69 Å². The van der Waals surface area contributed by atoms with Gasteiger partial charge in [-0.2, -0.15) is 4.98 Å². The number of aromatic nitrogens is 2. The van der Waals surface area contributed by atoms with Crippen LogP contribution < -0.4 is 4.74 Å². The first-order chi connectivity index (χ1) is 15.5. The van der Waals surface area contributed by atoms with Gasteiger partial charge in [-0.15, -0.1) is 0 Å². The Balaban J connectivity index is 1.22. The summed E-state index contributed by atoms with van der Waals surface area (Å²) in [5, 5.41) is 4.91. The minimum Gasteiger partial charge on any atom is -0.491 e. The van der Waals surface area contributed by atoms with E-state index in [-0.39, 0.29) is 18.9 Å². The van der Waals surface area contributed by atoms with E-state index in [0.717, 1.165) is 24.2 Å². The first-order valence-electron chi connectivity index (χ1n) is 10.5. The molecule has 3 aromatic rings. The van der Waals surface area contributed by atoms with E-state index in [1.165, 1.54) is 0 Å². The van der Waals surface area contributed by atoms with Crippen LogP contribution in [0.5, 0.6) is 5.75 Å². The first-order valence-corrected chi connectivity index (χ1v) is 11.2. The number of halogens is 2. The Hall–Kier alpha value is -2.61. The van der Waals surface area contributed by atoms with Crippen LogP contribution in [0, 0.1) is 6.92 Å². The Morgan fingerprint density at radius 2 is 1.88 bits per heavy atom. The number of aryl methyl sites for hydroxylation is 1. The molecule has 2 aromatic carbocycles. The summed E-state index contributed by atoms with van der Waals surface area (Å²) < 4.78 is 11.1. The molecule has 0 radical (unpaired) electrons. The van der Waals surface area contributed by atoms with E-state index in [9.17, 15) is 4.79 Å². The number of ether oxygens (including phenoxy) is 1. The Bertz CT molecular complexity index is 1080. The van der Waals surface area contributed by atoms with Gasteiger partial charge in [-0.05, 0) is 24.6 Å². The fourth-order valence-corrected chi connectivity index (χ4v) is 3.95. The van der Waals surface area contributed by atoms with Crippen LogP contribution in [-0.4, -0.2) is 58.6 Å². The number of rotatable bonds is 7. The quantitative estimate of drug-likeness (QED) is 0.503. The zero-order valence-corrected chi connectivity index (χ0v) is 19.3. The highest BCUT2D eigenvalue weighted by Gasteiger charge is 2.23. The van der Waals surface area contributed by atoms with Gasteiger partial charge < -0.3 is 14.2 Å². The molecule has 9 heteroatoms. The summed E-state index contributed by atoms with van der Waals surface area (Å²) in [7, 11) is 0. The largest absolute Gasteiger partial charge is 0.491 e. The maximum atomic E-state index is 12.5. The minimum absolute atomic E-state index is 0.0578. The van der Waals surface area contributed by atoms with E-state index in [4.69, 9.17) is 32.5 Å². The third kappa shape index (κ3) is 5.41. The lowest BCUT2D eigenvalue weighted by atomic mass is 10.1. The van der Waals surface area contributed by atoms with Crippen molar-refractivity contribution in [3.05, 3.63) is 64.0 Å². The Kier molecular flexibility index (Phi) is 7.29. The van der Waals surface area contributed by atoms with E-state index >= 15 is 0 Å². The van der Waals surface area contributed by atoms with Crippen LogP contribution in [0.3, 0.4) is 0 Å². The highest BCUT2D eigenvalue weighted by atomic mass is 35.5. The molecule has 2 heterocycles. The van der Waals surface area contributed by atoms with Gasteiger partial charge in [0.1, 0.15) is 10.8 Å². The second-order valence-corrected chi connectivity index (χ2v) is 8.42. The fourth-order valence-electron chi connectivity index (χ4n) is 3.60. The van der Waals surface area contributed by atoms with Crippen LogP contribution in [-0.2, 0) is 11.3 Å². The molecule has 0 spiro atoms. The smallest absolute Gasteiger partial charge is 0.241 e. The number of carbonyl (C=O) groups is 1. The zero-order valence-electron chi connectivity index (χ0n) is 17.8. The lowest BCUT2D eigenvalue weighted by Crippen LogP contribution is -2.48. The molecular weight excluding hydrogens is 451 g/mol. The van der Waals surface area contributed by atoms with Gasteiger partial charge in [-0.1, -0.05) is 58.7 Å². The van der Waals surface area contributed by atoms with Crippen molar-refractivity contribution in [3.63, 3.8) is 0 Å². The summed E-state index contributed by atoms with van der Waals surface area (Å²) in [4.78, 5) is 21.1. The molecule has 0 unspecified atom stereocenters. The van der Waals surface area contributed by atoms with Crippen molar-refractivity contribution >= 4 is 29.1 Å². The van der Waals surface area contributed by atoms with Gasteiger partial charge in [0.2, 0.25) is 17.6 Å².